The molecule has 0 aliphatic rings. The summed E-state index contributed by atoms with van der Waals surface area (Å²) >= 11 is 0. The van der Waals surface area contributed by atoms with Gasteiger partial charge in [0.1, 0.15) is 47.2 Å². The number of benzene rings is 2. The minimum atomic E-state index is -0.700. The van der Waals surface area contributed by atoms with E-state index in [1.165, 1.54) is 31.4 Å². The fourth-order valence-corrected chi connectivity index (χ4v) is 3.00. The number of aromatic amines is 1. The molecule has 0 saturated heterocycles. The third kappa shape index (κ3) is 4.13. The third-order valence-corrected chi connectivity index (χ3v) is 4.48. The molecule has 3 N–H and O–H groups in total. The second-order valence-electron chi connectivity index (χ2n) is 6.28. The monoisotopic (exact) mass is 417 g/mol. The number of nitriles is 2. The molecule has 0 aliphatic heterocycles. The molecule has 0 fully saturated rings. The van der Waals surface area contributed by atoms with E-state index in [1.54, 1.807) is 18.2 Å². The minimum absolute atomic E-state index is 0.0245. The topological polar surface area (TPSA) is 168 Å². The molecule has 10 nitrogen and oxygen atoms in total. The molecule has 31 heavy (non-hydrogen) atoms. The Balaban J connectivity index is 2.03. The standard InChI is InChI=1S/C21H15N5O5/c1-30-18-7-2-12(19-16(9-22)20(24)25-21(27)17(19)10-23)8-13(18)11-31-15-5-3-14(4-6-15)26(28)29/h2-8H,11H2,1H3,(H3,24,25,27). The third-order valence-electron chi connectivity index (χ3n) is 4.48. The lowest BCUT2D eigenvalue weighted by Crippen LogP contribution is -2.16. The maximum atomic E-state index is 12.2. The van der Waals surface area contributed by atoms with Gasteiger partial charge in [-0.25, -0.2) is 0 Å². The number of rotatable bonds is 6. The number of nitrogens with two attached hydrogens (primary N) is 1. The van der Waals surface area contributed by atoms with Gasteiger partial charge in [-0.2, -0.15) is 10.5 Å². The Labute approximate surface area is 175 Å². The lowest BCUT2D eigenvalue weighted by molar-refractivity contribution is -0.384. The first-order valence-corrected chi connectivity index (χ1v) is 8.80. The molecule has 1 heterocycles. The summed E-state index contributed by atoms with van der Waals surface area (Å²) in [5.41, 5.74) is 5.83. The summed E-state index contributed by atoms with van der Waals surface area (Å²) in [5, 5.41) is 29.7. The SMILES string of the molecule is COc1ccc(-c2c(C#N)c(N)[nH]c(=O)c2C#N)cc1COc1ccc([N+](=O)[O-])cc1. The first-order chi connectivity index (χ1) is 14.9. The lowest BCUT2D eigenvalue weighted by atomic mass is 9.95. The largest absolute Gasteiger partial charge is 0.496 e. The van der Waals surface area contributed by atoms with E-state index < -0.39 is 10.5 Å². The quantitative estimate of drug-likeness (QED) is 0.456. The van der Waals surface area contributed by atoms with Crippen molar-refractivity contribution in [3.63, 3.8) is 0 Å². The molecule has 1 aromatic heterocycles. The highest BCUT2D eigenvalue weighted by atomic mass is 16.6. The lowest BCUT2D eigenvalue weighted by Gasteiger charge is -2.14. The van der Waals surface area contributed by atoms with Crippen LogP contribution in [0.15, 0.2) is 47.3 Å². The van der Waals surface area contributed by atoms with E-state index in [1.807, 2.05) is 12.1 Å². The molecule has 0 atom stereocenters. The number of ether oxygens (including phenoxy) is 2. The van der Waals surface area contributed by atoms with E-state index in [2.05, 4.69) is 4.98 Å². The molecule has 0 aliphatic carbocycles. The zero-order valence-corrected chi connectivity index (χ0v) is 16.2. The number of aromatic nitrogens is 1. The van der Waals surface area contributed by atoms with E-state index >= 15 is 0 Å². The number of nitrogens with one attached hydrogen (secondary N) is 1. The van der Waals surface area contributed by atoms with Crippen molar-refractivity contribution in [1.29, 1.82) is 10.5 Å². The molecule has 3 aromatic rings. The summed E-state index contributed by atoms with van der Waals surface area (Å²) in [6.45, 7) is 0.0251. The van der Waals surface area contributed by atoms with Crippen molar-refractivity contribution < 1.29 is 14.4 Å². The van der Waals surface area contributed by atoms with Crippen molar-refractivity contribution in [2.75, 3.05) is 12.8 Å². The number of nitrogens with zero attached hydrogens (tertiary/aromatic N) is 3. The molecular weight excluding hydrogens is 402 g/mol. The predicted molar refractivity (Wildman–Crippen MR) is 110 cm³/mol. The highest BCUT2D eigenvalue weighted by Crippen LogP contribution is 2.32. The Hall–Kier alpha value is -4.83. The van der Waals surface area contributed by atoms with E-state index in [-0.39, 0.29) is 34.8 Å². The van der Waals surface area contributed by atoms with E-state index in [4.69, 9.17) is 15.2 Å². The van der Waals surface area contributed by atoms with Crippen molar-refractivity contribution in [1.82, 2.24) is 4.98 Å². The zero-order valence-electron chi connectivity index (χ0n) is 16.2. The summed E-state index contributed by atoms with van der Waals surface area (Å²) in [4.78, 5) is 24.7. The number of hydrogen-bond acceptors (Lipinski definition) is 8. The van der Waals surface area contributed by atoms with Crippen LogP contribution >= 0.6 is 0 Å². The normalized spacial score (nSPS) is 10.0. The molecule has 0 radical (unpaired) electrons. The van der Waals surface area contributed by atoms with Gasteiger partial charge in [0.2, 0.25) is 0 Å². The second kappa shape index (κ2) is 8.68. The molecule has 2 aromatic carbocycles. The Morgan fingerprint density at radius 3 is 2.39 bits per heavy atom. The van der Waals surface area contributed by atoms with E-state index in [0.717, 1.165) is 0 Å². The molecule has 10 heteroatoms. The Kier molecular flexibility index (Phi) is 5.85. The van der Waals surface area contributed by atoms with Crippen LogP contribution in [-0.4, -0.2) is 17.0 Å². The van der Waals surface area contributed by atoms with Gasteiger partial charge in [0.25, 0.3) is 11.2 Å². The van der Waals surface area contributed by atoms with E-state index in [9.17, 15) is 25.4 Å². The number of H-pyrrole nitrogens is 1. The summed E-state index contributed by atoms with van der Waals surface area (Å²) in [7, 11) is 1.47. The van der Waals surface area contributed by atoms with Crippen molar-refractivity contribution >= 4 is 11.5 Å². The molecular formula is C21H15N5O5. The number of anilines is 1. The maximum absolute atomic E-state index is 12.2. The summed E-state index contributed by atoms with van der Waals surface area (Å²) in [5.74, 6) is 0.732. The molecule has 0 unspecified atom stereocenters. The average Bonchev–Trinajstić information content (AvgIpc) is 2.77. The van der Waals surface area contributed by atoms with Crippen LogP contribution in [0, 0.1) is 32.8 Å². The van der Waals surface area contributed by atoms with Gasteiger partial charge >= 0.3 is 0 Å². The number of nitro benzene ring substituents is 1. The van der Waals surface area contributed by atoms with Crippen LogP contribution in [0.1, 0.15) is 16.7 Å². The molecule has 154 valence electrons. The minimum Gasteiger partial charge on any atom is -0.496 e. The van der Waals surface area contributed by atoms with Crippen LogP contribution in [0.4, 0.5) is 11.5 Å². The smallest absolute Gasteiger partial charge is 0.269 e. The number of nitro groups is 1. The molecule has 0 amide bonds. The van der Waals surface area contributed by atoms with Crippen LogP contribution in [-0.2, 0) is 6.61 Å². The fraction of sp³-hybridized carbons (Fsp3) is 0.0952. The van der Waals surface area contributed by atoms with Gasteiger partial charge in [0, 0.05) is 23.3 Å². The summed E-state index contributed by atoms with van der Waals surface area (Å²) < 4.78 is 11.0. The molecule has 0 spiro atoms. The van der Waals surface area contributed by atoms with Crippen molar-refractivity contribution in [2.24, 2.45) is 0 Å². The van der Waals surface area contributed by atoms with Crippen molar-refractivity contribution in [3.05, 3.63) is 79.6 Å². The molecule has 0 saturated carbocycles. The zero-order chi connectivity index (χ0) is 22.5. The van der Waals surface area contributed by atoms with Gasteiger partial charge < -0.3 is 20.2 Å². The van der Waals surface area contributed by atoms with Gasteiger partial charge in [-0.3, -0.25) is 14.9 Å². The van der Waals surface area contributed by atoms with E-state index in [0.29, 0.717) is 22.6 Å². The van der Waals surface area contributed by atoms with Crippen LogP contribution in [0.5, 0.6) is 11.5 Å². The van der Waals surface area contributed by atoms with Gasteiger partial charge in [-0.1, -0.05) is 6.07 Å². The second-order valence-corrected chi connectivity index (χ2v) is 6.28. The van der Waals surface area contributed by atoms with Crippen molar-refractivity contribution in [3.8, 4) is 34.8 Å². The highest BCUT2D eigenvalue weighted by Gasteiger charge is 2.19. The van der Waals surface area contributed by atoms with Gasteiger partial charge in [-0.05, 0) is 29.8 Å². The number of hydrogen-bond donors (Lipinski definition) is 2. The number of non-ortho nitro benzene ring substituents is 1. The summed E-state index contributed by atoms with van der Waals surface area (Å²) in [6.07, 6.45) is 0. The Morgan fingerprint density at radius 2 is 1.81 bits per heavy atom. The maximum Gasteiger partial charge on any atom is 0.269 e. The highest BCUT2D eigenvalue weighted by molar-refractivity contribution is 5.80. The van der Waals surface area contributed by atoms with Crippen molar-refractivity contribution in [2.45, 2.75) is 6.61 Å². The number of methoxy groups -OCH3 is 1. The Morgan fingerprint density at radius 1 is 1.13 bits per heavy atom. The number of pyridine rings is 1. The fourth-order valence-electron chi connectivity index (χ4n) is 3.00. The summed E-state index contributed by atoms with van der Waals surface area (Å²) in [6, 6.07) is 14.1. The molecule has 0 bridgehead atoms. The van der Waals surface area contributed by atoms with Gasteiger partial charge in [0.15, 0.2) is 0 Å². The van der Waals surface area contributed by atoms with Gasteiger partial charge in [0.05, 0.1) is 12.0 Å². The van der Waals surface area contributed by atoms with Crippen LogP contribution in [0.2, 0.25) is 0 Å². The average molecular weight is 417 g/mol. The molecule has 3 rings (SSSR count). The van der Waals surface area contributed by atoms with Crippen LogP contribution in [0.3, 0.4) is 0 Å². The van der Waals surface area contributed by atoms with Crippen LogP contribution in [0.25, 0.3) is 11.1 Å². The predicted octanol–water partition coefficient (Wildman–Crippen LogP) is 2.86. The number of nitrogen functional groups attached to an aromatic ring is 1. The first-order valence-electron chi connectivity index (χ1n) is 8.80. The Bertz CT molecular complexity index is 1300. The van der Waals surface area contributed by atoms with Crippen LogP contribution < -0.4 is 20.8 Å². The van der Waals surface area contributed by atoms with Gasteiger partial charge in [-0.15, -0.1) is 0 Å². The first kappa shape index (κ1) is 20.9.